The smallest absolute Gasteiger partial charge is 0.216 e. The zero-order valence-corrected chi connectivity index (χ0v) is 29.6. The number of nitrogens with zero attached hydrogens (tertiary/aromatic N) is 10. The van der Waals surface area contributed by atoms with Gasteiger partial charge in [-0.25, -0.2) is 9.49 Å². The number of rotatable bonds is 10. The van der Waals surface area contributed by atoms with E-state index in [-0.39, 0.29) is 0 Å². The molecule has 2 aromatic heterocycles. The second-order valence-corrected chi connectivity index (χ2v) is 17.7. The van der Waals surface area contributed by atoms with Crippen molar-refractivity contribution in [3.8, 4) is 0 Å². The minimum absolute atomic E-state index is 0.305. The van der Waals surface area contributed by atoms with Gasteiger partial charge in [-0.1, -0.05) is 182 Å². The van der Waals surface area contributed by atoms with Crippen LogP contribution in [0.5, 0.6) is 0 Å². The van der Waals surface area contributed by atoms with E-state index >= 15 is 0 Å². The first kappa shape index (κ1) is 32.8. The summed E-state index contributed by atoms with van der Waals surface area (Å²) >= 11 is 0. The summed E-state index contributed by atoms with van der Waals surface area (Å²) in [4.78, 5) is 0. The Balaban J connectivity index is 1.29. The Bertz CT molecular complexity index is 2140. The van der Waals surface area contributed by atoms with Crippen molar-refractivity contribution < 1.29 is 0 Å². The molecule has 52 heavy (non-hydrogen) atoms. The maximum absolute atomic E-state index is 5.45. The molecule has 0 radical (unpaired) electrons. The monoisotopic (exact) mass is 714 g/mol. The number of hydrogen-bond acceptors (Lipinski definition) is 8. The molecular formula is C40H32N10P2. The van der Waals surface area contributed by atoms with Crippen LogP contribution < -0.4 is 31.8 Å². The summed E-state index contributed by atoms with van der Waals surface area (Å²) in [6.07, 6.45) is 2.99. The van der Waals surface area contributed by atoms with Crippen molar-refractivity contribution in [3.05, 3.63) is 195 Å². The lowest BCUT2D eigenvalue weighted by molar-refractivity contribution is 0.688. The van der Waals surface area contributed by atoms with Gasteiger partial charge in [0.25, 0.3) is 11.9 Å². The number of aromatic nitrogens is 6. The summed E-state index contributed by atoms with van der Waals surface area (Å²) in [7, 11) is -5.28. The molecule has 0 N–H and O–H groups in total. The maximum atomic E-state index is 5.45. The zero-order valence-electron chi connectivity index (χ0n) is 27.8. The first-order valence-electron chi connectivity index (χ1n) is 16.6. The average molecular weight is 715 g/mol. The van der Waals surface area contributed by atoms with Crippen LogP contribution in [-0.4, -0.2) is 29.7 Å². The molecule has 0 saturated heterocycles. The highest BCUT2D eigenvalue weighted by atomic mass is 31.2. The number of benzene rings is 6. The molecule has 0 saturated carbocycles. The van der Waals surface area contributed by atoms with E-state index in [4.69, 9.17) is 9.49 Å². The van der Waals surface area contributed by atoms with Gasteiger partial charge in [0.1, 0.15) is 12.7 Å². The molecule has 0 unspecified atom stereocenters. The van der Waals surface area contributed by atoms with Crippen LogP contribution in [0, 0.1) is 0 Å². The third kappa shape index (κ3) is 6.26. The fourth-order valence-electron chi connectivity index (χ4n) is 6.16. The van der Waals surface area contributed by atoms with Crippen LogP contribution in [0.25, 0.3) is 0 Å². The van der Waals surface area contributed by atoms with Gasteiger partial charge < -0.3 is 0 Å². The van der Waals surface area contributed by atoms with Crippen molar-refractivity contribution >= 4 is 57.8 Å². The maximum Gasteiger partial charge on any atom is 0.272 e. The molecule has 0 spiro atoms. The van der Waals surface area contributed by atoms with E-state index in [9.17, 15) is 0 Å². The van der Waals surface area contributed by atoms with Crippen molar-refractivity contribution in [1.29, 1.82) is 0 Å². The quantitative estimate of drug-likeness (QED) is 0.111. The third-order valence-electron chi connectivity index (χ3n) is 8.52. The van der Waals surface area contributed by atoms with Crippen LogP contribution in [0.3, 0.4) is 0 Å². The van der Waals surface area contributed by atoms with Crippen molar-refractivity contribution in [2.75, 3.05) is 0 Å². The number of hydrogen-bond donors (Lipinski definition) is 0. The van der Waals surface area contributed by atoms with Gasteiger partial charge in [0.2, 0.25) is 0 Å². The van der Waals surface area contributed by atoms with Gasteiger partial charge in [-0.2, -0.15) is 9.35 Å². The highest BCUT2D eigenvalue weighted by molar-refractivity contribution is 7.88. The van der Waals surface area contributed by atoms with Crippen molar-refractivity contribution in [2.45, 2.75) is 0 Å². The Morgan fingerprint density at radius 2 is 0.558 bits per heavy atom. The Morgan fingerprint density at radius 1 is 0.327 bits per heavy atom. The minimum atomic E-state index is -2.64. The fraction of sp³-hybridized carbons (Fsp3) is 0. The molecule has 0 aliphatic heterocycles. The Morgan fingerprint density at radius 3 is 0.788 bits per heavy atom. The van der Waals surface area contributed by atoms with Crippen LogP contribution in [0.15, 0.2) is 215 Å². The molecule has 0 fully saturated rings. The molecule has 0 aliphatic rings. The molecule has 2 heterocycles. The van der Waals surface area contributed by atoms with Gasteiger partial charge in [0, 0.05) is 31.8 Å². The largest absolute Gasteiger partial charge is 0.272 e. The second-order valence-electron chi connectivity index (χ2n) is 11.6. The third-order valence-corrected chi connectivity index (χ3v) is 15.7. The molecule has 0 atom stereocenters. The van der Waals surface area contributed by atoms with Crippen LogP contribution in [0.2, 0.25) is 0 Å². The van der Waals surface area contributed by atoms with Gasteiger partial charge >= 0.3 is 0 Å². The van der Waals surface area contributed by atoms with Crippen molar-refractivity contribution in [1.82, 2.24) is 29.7 Å². The van der Waals surface area contributed by atoms with E-state index < -0.39 is 14.1 Å². The molecule has 12 heteroatoms. The first-order valence-corrected chi connectivity index (χ1v) is 20.1. The van der Waals surface area contributed by atoms with Gasteiger partial charge in [-0.05, 0) is 10.4 Å². The highest BCUT2D eigenvalue weighted by Crippen LogP contribution is 2.50. The van der Waals surface area contributed by atoms with E-state index in [0.717, 1.165) is 31.8 Å². The summed E-state index contributed by atoms with van der Waals surface area (Å²) in [6.45, 7) is 0. The van der Waals surface area contributed by atoms with Crippen LogP contribution >= 0.6 is 14.1 Å². The molecular weight excluding hydrogens is 682 g/mol. The zero-order chi connectivity index (χ0) is 35.1. The average Bonchev–Trinajstić information content (AvgIpc) is 3.88. The second kappa shape index (κ2) is 14.9. The molecule has 10 nitrogen and oxygen atoms in total. The molecule has 0 aliphatic carbocycles. The molecule has 8 aromatic rings. The Hall–Kier alpha value is -6.34. The predicted octanol–water partition coefficient (Wildman–Crippen LogP) is 7.17. The Kier molecular flexibility index (Phi) is 9.39. The summed E-state index contributed by atoms with van der Waals surface area (Å²) in [5.74, 6) is 0.611. The standard InChI is InChI=1S/C40H32N10P2/c1-7-19-33(20-8-1)51(34-21-9-2-10-22-34,35-23-11-3-12-24-35)45-39-43-41-31-49(39)47-48-50-32-42-44-40(50)46-52(36-25-13-4-14-26-36,37-27-15-5-16-28-37)38-29-17-6-18-30-38/h1-32H/b48-47+. The van der Waals surface area contributed by atoms with E-state index in [1.807, 2.05) is 109 Å². The molecule has 252 valence electrons. The van der Waals surface area contributed by atoms with Gasteiger partial charge in [0.05, 0.1) is 14.1 Å². The van der Waals surface area contributed by atoms with Gasteiger partial charge in [-0.3, -0.25) is 0 Å². The topological polar surface area (TPSA) is 111 Å². The van der Waals surface area contributed by atoms with E-state index in [1.165, 1.54) is 22.0 Å². The fourth-order valence-corrected chi connectivity index (χ4v) is 13.1. The van der Waals surface area contributed by atoms with Crippen LogP contribution in [-0.2, 0) is 0 Å². The lowest BCUT2D eigenvalue weighted by atomic mass is 10.4. The molecule has 0 amide bonds. The minimum Gasteiger partial charge on any atom is -0.216 e. The van der Waals surface area contributed by atoms with Gasteiger partial charge in [-0.15, -0.1) is 20.4 Å². The van der Waals surface area contributed by atoms with E-state index in [0.29, 0.717) is 11.9 Å². The van der Waals surface area contributed by atoms with Gasteiger partial charge in [0.15, 0.2) is 0 Å². The van der Waals surface area contributed by atoms with E-state index in [1.54, 1.807) is 0 Å². The summed E-state index contributed by atoms with van der Waals surface area (Å²) in [5, 5.41) is 32.9. The molecule has 0 bridgehead atoms. The Labute approximate surface area is 301 Å². The van der Waals surface area contributed by atoms with Crippen LogP contribution in [0.1, 0.15) is 0 Å². The summed E-state index contributed by atoms with van der Waals surface area (Å²) in [5.41, 5.74) is 0. The van der Waals surface area contributed by atoms with Crippen molar-refractivity contribution in [2.24, 2.45) is 19.9 Å². The van der Waals surface area contributed by atoms with Crippen molar-refractivity contribution in [3.63, 3.8) is 0 Å². The highest BCUT2D eigenvalue weighted by Gasteiger charge is 2.30. The lowest BCUT2D eigenvalue weighted by Gasteiger charge is -2.26. The lowest BCUT2D eigenvalue weighted by Crippen LogP contribution is -2.25. The molecule has 6 aromatic carbocycles. The SMILES string of the molecule is c1ccc(P(=Nc2nncn2/N=N/n2cnnc2N=P(c2ccccc2)(c2ccccc2)c2ccccc2)(c2ccccc2)c2ccccc2)cc1. The molecule has 8 rings (SSSR count). The first-order chi connectivity index (χ1) is 25.8. The normalized spacial score (nSPS) is 11.8. The van der Waals surface area contributed by atoms with E-state index in [2.05, 4.69) is 104 Å². The summed E-state index contributed by atoms with van der Waals surface area (Å²) < 4.78 is 13.8. The predicted molar refractivity (Wildman–Crippen MR) is 210 cm³/mol. The summed E-state index contributed by atoms with van der Waals surface area (Å²) in [6, 6.07) is 61.9. The van der Waals surface area contributed by atoms with Crippen LogP contribution in [0.4, 0.5) is 11.9 Å².